The maximum absolute atomic E-state index is 12.0. The smallest absolute Gasteiger partial charge is 0.261 e. The van der Waals surface area contributed by atoms with E-state index in [1.807, 2.05) is 12.2 Å². The summed E-state index contributed by atoms with van der Waals surface area (Å²) in [5.74, 6) is -0.187. The molecule has 0 N–H and O–H groups in total. The molecule has 0 bridgehead atoms. The van der Waals surface area contributed by atoms with Crippen LogP contribution in [-0.2, 0) is 9.59 Å². The number of carbonyl (C=O) groups is 2. The van der Waals surface area contributed by atoms with Crippen molar-refractivity contribution >= 4 is 11.8 Å². The van der Waals surface area contributed by atoms with Crippen molar-refractivity contribution in [3.05, 3.63) is 36.0 Å². The lowest BCUT2D eigenvalue weighted by atomic mass is 10.00. The Hall–Kier alpha value is -1.64. The zero-order chi connectivity index (χ0) is 12.3. The second-order valence-corrected chi connectivity index (χ2v) is 4.38. The van der Waals surface area contributed by atoms with Gasteiger partial charge in [-0.1, -0.05) is 18.2 Å². The summed E-state index contributed by atoms with van der Waals surface area (Å²) in [4.78, 5) is 25.4. The van der Waals surface area contributed by atoms with Gasteiger partial charge in [0.2, 0.25) is 0 Å². The minimum Gasteiger partial charge on any atom is -0.275 e. The Morgan fingerprint density at radius 3 is 2.82 bits per heavy atom. The Kier molecular flexibility index (Phi) is 3.57. The van der Waals surface area contributed by atoms with E-state index in [0.29, 0.717) is 24.1 Å². The van der Waals surface area contributed by atoms with Crippen molar-refractivity contribution in [2.24, 2.45) is 0 Å². The van der Waals surface area contributed by atoms with Crippen molar-refractivity contribution in [3.63, 3.8) is 0 Å². The van der Waals surface area contributed by atoms with Crippen molar-refractivity contribution in [2.75, 3.05) is 6.54 Å². The van der Waals surface area contributed by atoms with E-state index in [1.54, 1.807) is 6.08 Å². The molecule has 3 nitrogen and oxygen atoms in total. The fourth-order valence-electron chi connectivity index (χ4n) is 2.25. The third kappa shape index (κ3) is 2.23. The highest BCUT2D eigenvalue weighted by Gasteiger charge is 2.36. The lowest BCUT2D eigenvalue weighted by Crippen LogP contribution is -2.32. The number of rotatable bonds is 5. The van der Waals surface area contributed by atoms with E-state index in [9.17, 15) is 9.59 Å². The number of amides is 2. The first-order chi connectivity index (χ1) is 8.25. The molecule has 90 valence electrons. The van der Waals surface area contributed by atoms with Gasteiger partial charge in [-0.15, -0.1) is 6.58 Å². The minimum absolute atomic E-state index is 0.0760. The maximum Gasteiger partial charge on any atom is 0.261 e. The fraction of sp³-hybridized carbons (Fsp3) is 0.429. The Balaban J connectivity index is 1.98. The van der Waals surface area contributed by atoms with Crippen molar-refractivity contribution < 1.29 is 9.59 Å². The monoisotopic (exact) mass is 231 g/mol. The van der Waals surface area contributed by atoms with Crippen molar-refractivity contribution in [1.29, 1.82) is 0 Å². The van der Waals surface area contributed by atoms with Gasteiger partial charge in [-0.2, -0.15) is 0 Å². The van der Waals surface area contributed by atoms with Crippen LogP contribution in [0.3, 0.4) is 0 Å². The van der Waals surface area contributed by atoms with Crippen LogP contribution in [0.1, 0.15) is 32.1 Å². The highest BCUT2D eigenvalue weighted by Crippen LogP contribution is 2.29. The molecule has 0 unspecified atom stereocenters. The van der Waals surface area contributed by atoms with Crippen LogP contribution in [0.4, 0.5) is 0 Å². The summed E-state index contributed by atoms with van der Waals surface area (Å²) in [5, 5.41) is 0. The summed E-state index contributed by atoms with van der Waals surface area (Å²) in [6.45, 7) is 4.19. The van der Waals surface area contributed by atoms with Crippen LogP contribution in [0, 0.1) is 0 Å². The van der Waals surface area contributed by atoms with Gasteiger partial charge in [-0.25, -0.2) is 0 Å². The molecular formula is C14H17NO2. The van der Waals surface area contributed by atoms with Crippen molar-refractivity contribution in [3.8, 4) is 0 Å². The molecule has 17 heavy (non-hydrogen) atoms. The maximum atomic E-state index is 12.0. The number of nitrogens with zero attached hydrogens (tertiary/aromatic N) is 1. The summed E-state index contributed by atoms with van der Waals surface area (Å²) in [5.41, 5.74) is 1.33. The molecule has 0 saturated carbocycles. The van der Waals surface area contributed by atoms with E-state index >= 15 is 0 Å². The highest BCUT2D eigenvalue weighted by molar-refractivity contribution is 6.20. The number of hydrogen-bond donors (Lipinski definition) is 0. The van der Waals surface area contributed by atoms with Gasteiger partial charge in [0.15, 0.2) is 0 Å². The third-order valence-electron chi connectivity index (χ3n) is 3.19. The van der Waals surface area contributed by atoms with E-state index in [2.05, 4.69) is 6.58 Å². The minimum atomic E-state index is -0.112. The quantitative estimate of drug-likeness (QED) is 0.414. The number of allylic oxidation sites excluding steroid dienone is 2. The topological polar surface area (TPSA) is 37.4 Å². The van der Waals surface area contributed by atoms with Gasteiger partial charge in [0.05, 0.1) is 0 Å². The van der Waals surface area contributed by atoms with Crippen LogP contribution in [0.2, 0.25) is 0 Å². The Labute approximate surface area is 101 Å². The van der Waals surface area contributed by atoms with Crippen LogP contribution >= 0.6 is 0 Å². The summed E-state index contributed by atoms with van der Waals surface area (Å²) >= 11 is 0. The predicted molar refractivity (Wildman–Crippen MR) is 66.2 cm³/mol. The predicted octanol–water partition coefficient (Wildman–Crippen LogP) is 2.36. The Morgan fingerprint density at radius 1 is 1.29 bits per heavy atom. The molecule has 1 aliphatic heterocycles. The average molecular weight is 231 g/mol. The SMILES string of the molecule is C=CCCCCN1C(=O)C2=C(CCC=C2)C1=O. The van der Waals surface area contributed by atoms with Gasteiger partial charge in [-0.3, -0.25) is 14.5 Å². The number of carbonyl (C=O) groups excluding carboxylic acids is 2. The van der Waals surface area contributed by atoms with Crippen LogP contribution in [0.5, 0.6) is 0 Å². The van der Waals surface area contributed by atoms with E-state index in [-0.39, 0.29) is 11.8 Å². The van der Waals surface area contributed by atoms with Gasteiger partial charge in [-0.05, 0) is 32.1 Å². The molecule has 0 saturated heterocycles. The molecule has 0 radical (unpaired) electrons. The van der Waals surface area contributed by atoms with Crippen LogP contribution < -0.4 is 0 Å². The zero-order valence-electron chi connectivity index (χ0n) is 9.95. The van der Waals surface area contributed by atoms with Crippen molar-refractivity contribution in [1.82, 2.24) is 4.90 Å². The van der Waals surface area contributed by atoms with E-state index in [0.717, 1.165) is 25.7 Å². The van der Waals surface area contributed by atoms with Crippen LogP contribution in [-0.4, -0.2) is 23.3 Å². The molecule has 0 spiro atoms. The van der Waals surface area contributed by atoms with Gasteiger partial charge < -0.3 is 0 Å². The first kappa shape index (κ1) is 11.8. The van der Waals surface area contributed by atoms with Crippen LogP contribution in [0.15, 0.2) is 36.0 Å². The molecule has 3 heteroatoms. The van der Waals surface area contributed by atoms with E-state index in [4.69, 9.17) is 0 Å². The molecule has 2 rings (SSSR count). The lowest BCUT2D eigenvalue weighted by molar-refractivity contribution is -0.137. The van der Waals surface area contributed by atoms with Crippen molar-refractivity contribution in [2.45, 2.75) is 32.1 Å². The third-order valence-corrected chi connectivity index (χ3v) is 3.19. The molecule has 0 fully saturated rings. The molecule has 1 aliphatic carbocycles. The molecule has 2 amide bonds. The van der Waals surface area contributed by atoms with Gasteiger partial charge in [0.1, 0.15) is 0 Å². The van der Waals surface area contributed by atoms with Gasteiger partial charge in [0.25, 0.3) is 11.8 Å². The average Bonchev–Trinajstić information content (AvgIpc) is 2.60. The van der Waals surface area contributed by atoms with E-state index in [1.165, 1.54) is 4.90 Å². The Bertz CT molecular complexity index is 418. The molecule has 0 atom stereocenters. The van der Waals surface area contributed by atoms with Crippen LogP contribution in [0.25, 0.3) is 0 Å². The number of unbranched alkanes of at least 4 members (excludes halogenated alkanes) is 2. The lowest BCUT2D eigenvalue weighted by Gasteiger charge is -2.14. The molecular weight excluding hydrogens is 214 g/mol. The second-order valence-electron chi connectivity index (χ2n) is 4.38. The molecule has 0 aromatic carbocycles. The highest BCUT2D eigenvalue weighted by atomic mass is 16.2. The normalized spacial score (nSPS) is 18.9. The summed E-state index contributed by atoms with van der Waals surface area (Å²) < 4.78 is 0. The first-order valence-corrected chi connectivity index (χ1v) is 6.12. The molecule has 0 aromatic heterocycles. The zero-order valence-corrected chi connectivity index (χ0v) is 9.95. The standard InChI is InChI=1S/C14H17NO2/c1-2-3-4-7-10-15-13(16)11-8-5-6-9-12(11)14(15)17/h2,5,8H,1,3-4,6-7,9-10H2. The summed E-state index contributed by atoms with van der Waals surface area (Å²) in [7, 11) is 0. The summed E-state index contributed by atoms with van der Waals surface area (Å²) in [6, 6.07) is 0. The van der Waals surface area contributed by atoms with Gasteiger partial charge in [0, 0.05) is 17.7 Å². The number of imide groups is 1. The second kappa shape index (κ2) is 5.13. The van der Waals surface area contributed by atoms with Gasteiger partial charge >= 0.3 is 0 Å². The van der Waals surface area contributed by atoms with E-state index < -0.39 is 0 Å². The Morgan fingerprint density at radius 2 is 2.12 bits per heavy atom. The fourth-order valence-corrected chi connectivity index (χ4v) is 2.25. The number of hydrogen-bond acceptors (Lipinski definition) is 2. The summed E-state index contributed by atoms with van der Waals surface area (Å²) in [6.07, 6.45) is 9.95. The molecule has 1 heterocycles. The largest absolute Gasteiger partial charge is 0.275 e. The molecule has 0 aromatic rings. The molecule has 2 aliphatic rings. The first-order valence-electron chi connectivity index (χ1n) is 6.12.